The first-order valence-corrected chi connectivity index (χ1v) is 5.64. The van der Waals surface area contributed by atoms with Gasteiger partial charge in [0, 0.05) is 18.7 Å². The summed E-state index contributed by atoms with van der Waals surface area (Å²) in [6.45, 7) is 1.48. The van der Waals surface area contributed by atoms with Crippen molar-refractivity contribution >= 4 is 23.2 Å². The number of β-amino-alcohol motifs (C(OH)–C–C–N with tert-alkyl or cyclic N) is 1. The van der Waals surface area contributed by atoms with E-state index in [0.29, 0.717) is 23.0 Å². The summed E-state index contributed by atoms with van der Waals surface area (Å²) < 4.78 is 0. The second kappa shape index (κ2) is 3.95. The van der Waals surface area contributed by atoms with E-state index in [1.54, 1.807) is 6.07 Å². The van der Waals surface area contributed by atoms with Crippen LogP contribution < -0.4 is 0 Å². The number of hydrogen-bond acceptors (Lipinski definition) is 2. The van der Waals surface area contributed by atoms with Crippen LogP contribution in [0.2, 0.25) is 10.0 Å². The molecule has 0 amide bonds. The van der Waals surface area contributed by atoms with E-state index in [1.807, 2.05) is 19.2 Å². The third-order valence-electron chi connectivity index (χ3n) is 2.89. The van der Waals surface area contributed by atoms with Gasteiger partial charge in [-0.3, -0.25) is 0 Å². The minimum Gasteiger partial charge on any atom is -0.384 e. The van der Waals surface area contributed by atoms with Crippen molar-refractivity contribution in [1.29, 1.82) is 0 Å². The molecule has 0 aliphatic carbocycles. The molecule has 1 fully saturated rings. The van der Waals surface area contributed by atoms with Gasteiger partial charge in [0.25, 0.3) is 0 Å². The van der Waals surface area contributed by atoms with Gasteiger partial charge in [-0.15, -0.1) is 0 Å². The van der Waals surface area contributed by atoms with Crippen molar-refractivity contribution in [3.05, 3.63) is 33.8 Å². The molecule has 0 aromatic heterocycles. The van der Waals surface area contributed by atoms with Crippen LogP contribution in [0.15, 0.2) is 18.2 Å². The number of likely N-dealkylation sites (N-methyl/N-ethyl adjacent to an activating group) is 1. The molecule has 82 valence electrons. The molecular formula is C11H13Cl2NO. The molecule has 15 heavy (non-hydrogen) atoms. The maximum Gasteiger partial charge on any atom is 0.105 e. The van der Waals surface area contributed by atoms with Crippen molar-refractivity contribution in [1.82, 2.24) is 4.90 Å². The summed E-state index contributed by atoms with van der Waals surface area (Å²) in [5.41, 5.74) is -0.113. The molecule has 4 heteroatoms. The topological polar surface area (TPSA) is 23.5 Å². The SMILES string of the molecule is CN1CCC(O)(c2cccc(Cl)c2Cl)C1. The highest BCUT2D eigenvalue weighted by atomic mass is 35.5. The lowest BCUT2D eigenvalue weighted by atomic mass is 9.93. The normalized spacial score (nSPS) is 27.2. The average molecular weight is 246 g/mol. The number of halogens is 2. The van der Waals surface area contributed by atoms with Crippen molar-refractivity contribution in [2.75, 3.05) is 20.1 Å². The third-order valence-corrected chi connectivity index (χ3v) is 3.71. The van der Waals surface area contributed by atoms with E-state index in [1.165, 1.54) is 0 Å². The molecule has 2 nitrogen and oxygen atoms in total. The Morgan fingerprint density at radius 1 is 1.40 bits per heavy atom. The fourth-order valence-electron chi connectivity index (χ4n) is 2.06. The largest absolute Gasteiger partial charge is 0.384 e. The first-order chi connectivity index (χ1) is 7.03. The van der Waals surface area contributed by atoms with Gasteiger partial charge in [0.1, 0.15) is 5.60 Å². The van der Waals surface area contributed by atoms with Crippen LogP contribution in [0.4, 0.5) is 0 Å². The van der Waals surface area contributed by atoms with Gasteiger partial charge in [0.15, 0.2) is 0 Å². The predicted octanol–water partition coefficient (Wildman–Crippen LogP) is 2.52. The molecule has 1 aliphatic heterocycles. The van der Waals surface area contributed by atoms with Crippen molar-refractivity contribution in [3.63, 3.8) is 0 Å². The van der Waals surface area contributed by atoms with Gasteiger partial charge >= 0.3 is 0 Å². The van der Waals surface area contributed by atoms with Crippen molar-refractivity contribution in [2.45, 2.75) is 12.0 Å². The standard InChI is InChI=1S/C11H13Cl2NO/c1-14-6-5-11(15,7-14)8-3-2-4-9(12)10(8)13/h2-4,15H,5-7H2,1H3. The van der Waals surface area contributed by atoms with Crippen LogP contribution in [-0.4, -0.2) is 30.1 Å². The molecule has 0 bridgehead atoms. The Bertz CT molecular complexity index is 383. The Balaban J connectivity index is 2.41. The summed E-state index contributed by atoms with van der Waals surface area (Å²) in [4.78, 5) is 2.08. The van der Waals surface area contributed by atoms with Crippen molar-refractivity contribution in [3.8, 4) is 0 Å². The van der Waals surface area contributed by atoms with E-state index in [4.69, 9.17) is 23.2 Å². The fraction of sp³-hybridized carbons (Fsp3) is 0.455. The predicted molar refractivity (Wildman–Crippen MR) is 62.5 cm³/mol. The van der Waals surface area contributed by atoms with E-state index < -0.39 is 5.60 Å². The fourth-order valence-corrected chi connectivity index (χ4v) is 2.54. The summed E-state index contributed by atoms with van der Waals surface area (Å²) in [5.74, 6) is 0. The molecule has 0 saturated carbocycles. The summed E-state index contributed by atoms with van der Waals surface area (Å²) in [6, 6.07) is 5.39. The molecule has 1 aromatic carbocycles. The van der Waals surface area contributed by atoms with Crippen molar-refractivity contribution in [2.24, 2.45) is 0 Å². The number of aliphatic hydroxyl groups is 1. The first kappa shape index (κ1) is 11.2. The van der Waals surface area contributed by atoms with E-state index in [0.717, 1.165) is 12.1 Å². The number of likely N-dealkylation sites (tertiary alicyclic amines) is 1. The Morgan fingerprint density at radius 3 is 2.73 bits per heavy atom. The zero-order chi connectivity index (χ0) is 11.1. The molecule has 1 saturated heterocycles. The highest BCUT2D eigenvalue weighted by Crippen LogP contribution is 2.38. The van der Waals surface area contributed by atoms with E-state index in [9.17, 15) is 5.11 Å². The number of hydrogen-bond donors (Lipinski definition) is 1. The number of benzene rings is 1. The van der Waals surface area contributed by atoms with Gasteiger partial charge < -0.3 is 10.0 Å². The maximum atomic E-state index is 10.5. The zero-order valence-electron chi connectivity index (χ0n) is 8.50. The molecule has 1 aliphatic rings. The summed E-state index contributed by atoms with van der Waals surface area (Å²) in [7, 11) is 1.98. The van der Waals surface area contributed by atoms with E-state index in [2.05, 4.69) is 4.90 Å². The summed E-state index contributed by atoms with van der Waals surface area (Å²) >= 11 is 12.0. The van der Waals surface area contributed by atoms with Crippen LogP contribution >= 0.6 is 23.2 Å². The van der Waals surface area contributed by atoms with Gasteiger partial charge in [-0.25, -0.2) is 0 Å². The van der Waals surface area contributed by atoms with Crippen LogP contribution in [0.3, 0.4) is 0 Å². The van der Waals surface area contributed by atoms with Gasteiger partial charge in [-0.05, 0) is 19.5 Å². The first-order valence-electron chi connectivity index (χ1n) is 4.88. The average Bonchev–Trinajstić information content (AvgIpc) is 2.52. The Labute approximate surface area is 99.4 Å². The molecule has 1 heterocycles. The smallest absolute Gasteiger partial charge is 0.105 e. The molecule has 1 atom stereocenters. The summed E-state index contributed by atoms with van der Waals surface area (Å²) in [5, 5.41) is 11.4. The summed E-state index contributed by atoms with van der Waals surface area (Å²) in [6.07, 6.45) is 0.698. The molecule has 0 radical (unpaired) electrons. The molecule has 1 unspecified atom stereocenters. The minimum absolute atomic E-state index is 0.469. The van der Waals surface area contributed by atoms with E-state index in [-0.39, 0.29) is 0 Å². The van der Waals surface area contributed by atoms with Crippen LogP contribution in [0, 0.1) is 0 Å². The zero-order valence-corrected chi connectivity index (χ0v) is 10.0. The van der Waals surface area contributed by atoms with Gasteiger partial charge in [0.2, 0.25) is 0 Å². The number of rotatable bonds is 1. The van der Waals surface area contributed by atoms with Crippen LogP contribution in [-0.2, 0) is 5.60 Å². The van der Waals surface area contributed by atoms with Gasteiger partial charge in [0.05, 0.1) is 10.0 Å². The van der Waals surface area contributed by atoms with Crippen molar-refractivity contribution < 1.29 is 5.11 Å². The Kier molecular flexibility index (Phi) is 2.95. The van der Waals surface area contributed by atoms with Crippen LogP contribution in [0.5, 0.6) is 0 Å². The third kappa shape index (κ3) is 2.00. The molecule has 1 aromatic rings. The maximum absolute atomic E-state index is 10.5. The van der Waals surface area contributed by atoms with E-state index >= 15 is 0 Å². The lowest BCUT2D eigenvalue weighted by Crippen LogP contribution is -2.29. The Morgan fingerprint density at radius 2 is 2.13 bits per heavy atom. The highest BCUT2D eigenvalue weighted by molar-refractivity contribution is 6.42. The second-order valence-corrected chi connectivity index (χ2v) is 4.91. The lowest BCUT2D eigenvalue weighted by molar-refractivity contribution is 0.0490. The highest BCUT2D eigenvalue weighted by Gasteiger charge is 2.37. The molecule has 0 spiro atoms. The Hall–Kier alpha value is -0.280. The number of nitrogens with zero attached hydrogens (tertiary/aromatic N) is 1. The lowest BCUT2D eigenvalue weighted by Gasteiger charge is -2.24. The molecule has 2 rings (SSSR count). The molecule has 1 N–H and O–H groups in total. The van der Waals surface area contributed by atoms with Crippen LogP contribution in [0.25, 0.3) is 0 Å². The minimum atomic E-state index is -0.850. The second-order valence-electron chi connectivity index (χ2n) is 4.12. The quantitative estimate of drug-likeness (QED) is 0.823. The monoisotopic (exact) mass is 245 g/mol. The van der Waals surface area contributed by atoms with Crippen LogP contribution in [0.1, 0.15) is 12.0 Å². The molecular weight excluding hydrogens is 233 g/mol. The van der Waals surface area contributed by atoms with Gasteiger partial charge in [-0.1, -0.05) is 35.3 Å². The van der Waals surface area contributed by atoms with Gasteiger partial charge in [-0.2, -0.15) is 0 Å².